The second-order valence-corrected chi connectivity index (χ2v) is 8.21. The minimum absolute atomic E-state index is 0.00766. The van der Waals surface area contributed by atoms with Crippen LogP contribution in [0.3, 0.4) is 0 Å². The van der Waals surface area contributed by atoms with E-state index in [0.717, 1.165) is 61.1 Å². The van der Waals surface area contributed by atoms with Crippen molar-refractivity contribution in [3.8, 4) is 5.75 Å². The van der Waals surface area contributed by atoms with E-state index in [1.807, 2.05) is 71.6 Å². The lowest BCUT2D eigenvalue weighted by molar-refractivity contribution is -0.921. The first-order chi connectivity index (χ1) is 15.7. The van der Waals surface area contributed by atoms with Crippen LogP contribution in [0.1, 0.15) is 27.7 Å². The van der Waals surface area contributed by atoms with Crippen molar-refractivity contribution in [2.75, 3.05) is 43.6 Å². The van der Waals surface area contributed by atoms with Crippen LogP contribution >= 0.6 is 0 Å². The number of carbonyl (C=O) groups is 1. The SMILES string of the molecule is COc1ccc(C2Nc3ccccc3C(=O)N2c2ccccc2)cc1C[NH+]1CCOCC1. The summed E-state index contributed by atoms with van der Waals surface area (Å²) in [5.41, 5.74) is 4.56. The van der Waals surface area contributed by atoms with E-state index in [1.54, 1.807) is 7.11 Å². The molecule has 2 aliphatic rings. The number of hydrogen-bond donors (Lipinski definition) is 2. The summed E-state index contributed by atoms with van der Waals surface area (Å²) in [6.07, 6.45) is -0.316. The molecule has 0 spiro atoms. The Balaban J connectivity index is 1.55. The van der Waals surface area contributed by atoms with Gasteiger partial charge in [-0.2, -0.15) is 0 Å². The van der Waals surface area contributed by atoms with Crippen LogP contribution in [0.4, 0.5) is 11.4 Å². The Labute approximate surface area is 188 Å². The molecule has 6 heteroatoms. The number of hydrogen-bond acceptors (Lipinski definition) is 4. The fourth-order valence-electron chi connectivity index (χ4n) is 4.55. The minimum atomic E-state index is -0.316. The number of methoxy groups -OCH3 is 1. The molecule has 2 aliphatic heterocycles. The van der Waals surface area contributed by atoms with Crippen LogP contribution in [0.15, 0.2) is 72.8 Å². The number of fused-ring (bicyclic) bond motifs is 1. The number of amides is 1. The summed E-state index contributed by atoms with van der Waals surface area (Å²) in [7, 11) is 1.71. The largest absolute Gasteiger partial charge is 0.496 e. The third-order valence-electron chi connectivity index (χ3n) is 6.22. The quantitative estimate of drug-likeness (QED) is 0.654. The molecule has 32 heavy (non-hydrogen) atoms. The van der Waals surface area contributed by atoms with Gasteiger partial charge < -0.3 is 19.7 Å². The second-order valence-electron chi connectivity index (χ2n) is 8.21. The number of quaternary nitrogens is 1. The van der Waals surface area contributed by atoms with Gasteiger partial charge in [-0.3, -0.25) is 9.69 Å². The van der Waals surface area contributed by atoms with Gasteiger partial charge in [-0.05, 0) is 42.0 Å². The molecule has 1 fully saturated rings. The molecule has 1 saturated heterocycles. The Morgan fingerprint density at radius 2 is 1.78 bits per heavy atom. The molecular formula is C26H28N3O3+. The van der Waals surface area contributed by atoms with Gasteiger partial charge in [0.15, 0.2) is 0 Å². The molecular weight excluding hydrogens is 402 g/mol. The number of carbonyl (C=O) groups excluding carboxylic acids is 1. The van der Waals surface area contributed by atoms with Crippen molar-refractivity contribution in [2.24, 2.45) is 0 Å². The van der Waals surface area contributed by atoms with Crippen molar-refractivity contribution in [2.45, 2.75) is 12.7 Å². The Morgan fingerprint density at radius 3 is 2.56 bits per heavy atom. The lowest BCUT2D eigenvalue weighted by Gasteiger charge is -2.38. The first-order valence-corrected chi connectivity index (χ1v) is 11.1. The summed E-state index contributed by atoms with van der Waals surface area (Å²) in [6, 6.07) is 23.8. The van der Waals surface area contributed by atoms with E-state index in [1.165, 1.54) is 4.90 Å². The highest BCUT2D eigenvalue weighted by atomic mass is 16.5. The number of nitrogens with one attached hydrogen (secondary N) is 2. The molecule has 2 N–H and O–H groups in total. The molecule has 164 valence electrons. The van der Waals surface area contributed by atoms with Crippen LogP contribution in [0.25, 0.3) is 0 Å². The lowest BCUT2D eigenvalue weighted by atomic mass is 10.0. The standard InChI is InChI=1S/C26H27N3O3/c1-31-24-12-11-19(17-20(24)18-28-13-15-32-16-14-28)25-27-23-10-6-5-9-22(23)26(30)29(25)21-7-3-2-4-8-21/h2-12,17,25,27H,13-16,18H2,1H3/p+1. The highest BCUT2D eigenvalue weighted by Crippen LogP contribution is 2.37. The van der Waals surface area contributed by atoms with Gasteiger partial charge in [-0.15, -0.1) is 0 Å². The Bertz CT molecular complexity index is 1100. The summed E-state index contributed by atoms with van der Waals surface area (Å²) in [5.74, 6) is 0.869. The number of ether oxygens (including phenoxy) is 2. The van der Waals surface area contributed by atoms with E-state index in [2.05, 4.69) is 11.4 Å². The topological polar surface area (TPSA) is 55.2 Å². The van der Waals surface area contributed by atoms with Gasteiger partial charge in [0.05, 0.1) is 25.9 Å². The van der Waals surface area contributed by atoms with Crippen molar-refractivity contribution >= 4 is 17.3 Å². The predicted molar refractivity (Wildman–Crippen MR) is 124 cm³/mol. The summed E-state index contributed by atoms with van der Waals surface area (Å²) in [6.45, 7) is 4.40. The Kier molecular flexibility index (Phi) is 5.79. The predicted octanol–water partition coefficient (Wildman–Crippen LogP) is 2.88. The van der Waals surface area contributed by atoms with Crippen LogP contribution in [0.2, 0.25) is 0 Å². The highest BCUT2D eigenvalue weighted by molar-refractivity contribution is 6.12. The van der Waals surface area contributed by atoms with E-state index in [0.29, 0.717) is 5.56 Å². The van der Waals surface area contributed by atoms with Crippen molar-refractivity contribution in [3.63, 3.8) is 0 Å². The van der Waals surface area contributed by atoms with E-state index in [9.17, 15) is 4.79 Å². The van der Waals surface area contributed by atoms with E-state index in [-0.39, 0.29) is 12.1 Å². The third-order valence-corrected chi connectivity index (χ3v) is 6.22. The van der Waals surface area contributed by atoms with Gasteiger partial charge in [-0.25, -0.2) is 0 Å². The summed E-state index contributed by atoms with van der Waals surface area (Å²) in [4.78, 5) is 16.9. The molecule has 0 saturated carbocycles. The summed E-state index contributed by atoms with van der Waals surface area (Å²) >= 11 is 0. The highest BCUT2D eigenvalue weighted by Gasteiger charge is 2.34. The summed E-state index contributed by atoms with van der Waals surface area (Å²) < 4.78 is 11.2. The zero-order valence-electron chi connectivity index (χ0n) is 18.2. The zero-order valence-corrected chi connectivity index (χ0v) is 18.2. The minimum Gasteiger partial charge on any atom is -0.496 e. The number of benzene rings is 3. The van der Waals surface area contributed by atoms with E-state index < -0.39 is 0 Å². The fraction of sp³-hybridized carbons (Fsp3) is 0.269. The van der Waals surface area contributed by atoms with Gasteiger partial charge in [0.1, 0.15) is 31.5 Å². The molecule has 0 radical (unpaired) electrons. The van der Waals surface area contributed by atoms with Crippen LogP contribution in [0, 0.1) is 0 Å². The number of anilines is 2. The van der Waals surface area contributed by atoms with Crippen LogP contribution in [-0.4, -0.2) is 39.3 Å². The van der Waals surface area contributed by atoms with E-state index >= 15 is 0 Å². The van der Waals surface area contributed by atoms with E-state index in [4.69, 9.17) is 9.47 Å². The second kappa shape index (κ2) is 9.02. The van der Waals surface area contributed by atoms with Crippen molar-refractivity contribution in [1.82, 2.24) is 0 Å². The molecule has 0 aliphatic carbocycles. The molecule has 6 nitrogen and oxygen atoms in total. The molecule has 0 bridgehead atoms. The van der Waals surface area contributed by atoms with Crippen molar-refractivity contribution < 1.29 is 19.2 Å². The first-order valence-electron chi connectivity index (χ1n) is 11.1. The summed E-state index contributed by atoms with van der Waals surface area (Å²) in [5, 5.41) is 3.60. The van der Waals surface area contributed by atoms with Gasteiger partial charge in [0, 0.05) is 16.9 Å². The maximum absolute atomic E-state index is 13.6. The fourth-order valence-corrected chi connectivity index (χ4v) is 4.55. The number of nitrogens with zero attached hydrogens (tertiary/aromatic N) is 1. The normalized spacial score (nSPS) is 18.7. The molecule has 3 aromatic carbocycles. The van der Waals surface area contributed by atoms with Gasteiger partial charge >= 0.3 is 0 Å². The van der Waals surface area contributed by atoms with Crippen LogP contribution in [-0.2, 0) is 11.3 Å². The van der Waals surface area contributed by atoms with Crippen LogP contribution in [0.5, 0.6) is 5.75 Å². The van der Waals surface area contributed by atoms with Gasteiger partial charge in [-0.1, -0.05) is 36.4 Å². The molecule has 1 atom stereocenters. The molecule has 1 unspecified atom stereocenters. The number of morpholine rings is 1. The third kappa shape index (κ3) is 3.95. The zero-order chi connectivity index (χ0) is 21.9. The molecule has 0 aromatic heterocycles. The monoisotopic (exact) mass is 430 g/mol. The van der Waals surface area contributed by atoms with Crippen LogP contribution < -0.4 is 19.9 Å². The van der Waals surface area contributed by atoms with Crippen molar-refractivity contribution in [3.05, 3.63) is 89.5 Å². The lowest BCUT2D eigenvalue weighted by Crippen LogP contribution is -3.12. The molecule has 2 heterocycles. The number of rotatable bonds is 5. The maximum Gasteiger partial charge on any atom is 0.262 e. The van der Waals surface area contributed by atoms with Gasteiger partial charge in [0.2, 0.25) is 0 Å². The Hall–Kier alpha value is -3.35. The molecule has 3 aromatic rings. The average molecular weight is 431 g/mol. The smallest absolute Gasteiger partial charge is 0.262 e. The Morgan fingerprint density at radius 1 is 1.03 bits per heavy atom. The molecule has 5 rings (SSSR count). The molecule has 1 amide bonds. The number of para-hydroxylation sites is 2. The van der Waals surface area contributed by atoms with Gasteiger partial charge in [0.25, 0.3) is 5.91 Å². The maximum atomic E-state index is 13.6. The average Bonchev–Trinajstić information content (AvgIpc) is 2.85. The first kappa shape index (κ1) is 20.5. The van der Waals surface area contributed by atoms with Crippen molar-refractivity contribution in [1.29, 1.82) is 0 Å².